The van der Waals surface area contributed by atoms with Crippen molar-refractivity contribution < 1.29 is 57.7 Å². The molecule has 2 heterocycles. The summed E-state index contributed by atoms with van der Waals surface area (Å²) in [5.41, 5.74) is 10.2. The minimum atomic E-state index is -4.80. The molecule has 0 aliphatic carbocycles. The molecule has 212 valence electrons. The van der Waals surface area contributed by atoms with E-state index in [-0.39, 0.29) is 12.2 Å². The molecule has 1 saturated heterocycles. The monoisotopic (exact) mass is 566 g/mol. The van der Waals surface area contributed by atoms with Crippen molar-refractivity contribution in [3.05, 3.63) is 22.7 Å². The van der Waals surface area contributed by atoms with E-state index in [4.69, 9.17) is 30.9 Å². The fraction of sp³-hybridized carbons (Fsp3) is 0.556. The number of carbonyl (C=O) groups excluding carboxylic acids is 2. The SMILES string of the molecule is Nc1ccn([C@H]2C[C@H](O)[C@@H](COP(=O)(O)OC[C@H](N)C(=O)NCC(=O)N[C@@H](CC(=O)O)C(=O)O)O2)c(=O)n1. The molecule has 1 unspecified atom stereocenters. The van der Waals surface area contributed by atoms with E-state index in [9.17, 15) is 38.5 Å². The van der Waals surface area contributed by atoms with Crippen LogP contribution >= 0.6 is 7.82 Å². The van der Waals surface area contributed by atoms with E-state index >= 15 is 0 Å². The maximum absolute atomic E-state index is 12.1. The Bertz CT molecular complexity index is 1150. The molecule has 0 aromatic carbocycles. The number of nitrogen functional groups attached to an aromatic ring is 1. The summed E-state index contributed by atoms with van der Waals surface area (Å²) in [7, 11) is -4.80. The lowest BCUT2D eigenvalue weighted by atomic mass is 10.2. The Hall–Kier alpha value is -3.45. The van der Waals surface area contributed by atoms with Crippen molar-refractivity contribution in [2.75, 3.05) is 25.5 Å². The number of hydrogen-bond donors (Lipinski definition) is 8. The summed E-state index contributed by atoms with van der Waals surface area (Å²) in [6.45, 7) is -2.25. The molecule has 2 rings (SSSR count). The molecule has 0 saturated carbocycles. The van der Waals surface area contributed by atoms with Crippen LogP contribution in [0.4, 0.5) is 5.82 Å². The number of phosphoric acid groups is 1. The summed E-state index contributed by atoms with van der Waals surface area (Å²) >= 11 is 0. The van der Waals surface area contributed by atoms with Gasteiger partial charge in [-0.2, -0.15) is 4.98 Å². The van der Waals surface area contributed by atoms with Gasteiger partial charge in [-0.3, -0.25) is 28.0 Å². The number of aliphatic carboxylic acids is 2. The van der Waals surface area contributed by atoms with Crippen LogP contribution in [0, 0.1) is 0 Å². The molecule has 0 radical (unpaired) electrons. The molecule has 1 aliphatic rings. The second-order valence-corrected chi connectivity index (χ2v) is 9.37. The first kappa shape index (κ1) is 30.8. The Morgan fingerprint density at radius 1 is 1.29 bits per heavy atom. The second-order valence-electron chi connectivity index (χ2n) is 7.92. The minimum absolute atomic E-state index is 0.0132. The lowest BCUT2D eigenvalue weighted by molar-refractivity contribution is -0.147. The van der Waals surface area contributed by atoms with E-state index in [0.717, 1.165) is 4.57 Å². The highest BCUT2D eigenvalue weighted by molar-refractivity contribution is 7.47. The lowest BCUT2D eigenvalue weighted by Crippen LogP contribution is -2.49. The highest BCUT2D eigenvalue weighted by Crippen LogP contribution is 2.44. The summed E-state index contributed by atoms with van der Waals surface area (Å²) in [6, 6.07) is -1.95. The standard InChI is InChI=1S/C18H27N6O13P/c19-8(16(29)21-5-13(26)22-9(17(30)31)3-15(27)28)6-35-38(33,34)36-7-11-10(25)4-14(37-11)24-2-1-12(20)23-18(24)32/h1-2,8-11,14,25H,3-7,19H2,(H,21,29)(H,22,26)(H,27,28)(H,30,31)(H,33,34)(H2,20,23,32)/t8-,9-,10-,11+,14+/m0/s1. The molecular weight excluding hydrogens is 539 g/mol. The lowest BCUT2D eigenvalue weighted by Gasteiger charge is -2.19. The predicted octanol–water partition coefficient (Wildman–Crippen LogP) is -3.90. The molecule has 2 amide bonds. The highest BCUT2D eigenvalue weighted by Gasteiger charge is 2.38. The number of aliphatic hydroxyl groups excluding tert-OH is 1. The summed E-state index contributed by atoms with van der Waals surface area (Å²) in [6.07, 6.45) is -2.89. The molecule has 1 aromatic rings. The third kappa shape index (κ3) is 9.45. The van der Waals surface area contributed by atoms with Crippen molar-refractivity contribution in [2.45, 2.75) is 43.4 Å². The Kier molecular flexibility index (Phi) is 10.8. The molecular formula is C18H27N6O13P. The Morgan fingerprint density at radius 2 is 1.97 bits per heavy atom. The van der Waals surface area contributed by atoms with E-state index in [1.165, 1.54) is 12.3 Å². The number of carbonyl (C=O) groups is 4. The van der Waals surface area contributed by atoms with E-state index < -0.39 is 94.0 Å². The van der Waals surface area contributed by atoms with Gasteiger partial charge in [0.25, 0.3) is 0 Å². The number of carboxylic acid groups (broad SMARTS) is 2. The maximum Gasteiger partial charge on any atom is 0.472 e. The fourth-order valence-corrected chi connectivity index (χ4v) is 3.81. The molecule has 19 nitrogen and oxygen atoms in total. The Labute approximate surface area is 213 Å². The van der Waals surface area contributed by atoms with Gasteiger partial charge in [0.05, 0.1) is 32.3 Å². The number of nitrogens with two attached hydrogens (primary N) is 2. The number of aliphatic hydroxyl groups is 1. The number of rotatable bonds is 14. The van der Waals surface area contributed by atoms with Gasteiger partial charge in [0.15, 0.2) is 0 Å². The van der Waals surface area contributed by atoms with Crippen LogP contribution < -0.4 is 27.8 Å². The second kappa shape index (κ2) is 13.4. The molecule has 10 N–H and O–H groups in total. The van der Waals surface area contributed by atoms with Crippen molar-refractivity contribution in [3.8, 4) is 0 Å². The van der Waals surface area contributed by atoms with Crippen molar-refractivity contribution >= 4 is 37.4 Å². The highest BCUT2D eigenvalue weighted by atomic mass is 31.2. The van der Waals surface area contributed by atoms with E-state index in [1.54, 1.807) is 0 Å². The van der Waals surface area contributed by atoms with Gasteiger partial charge in [0, 0.05) is 12.6 Å². The number of carboxylic acids is 2. The average molecular weight is 566 g/mol. The maximum atomic E-state index is 12.1. The van der Waals surface area contributed by atoms with Gasteiger partial charge in [-0.25, -0.2) is 14.2 Å². The van der Waals surface area contributed by atoms with Crippen LogP contribution in [0.2, 0.25) is 0 Å². The molecule has 20 heteroatoms. The number of anilines is 1. The average Bonchev–Trinajstić information content (AvgIpc) is 3.19. The Balaban J connectivity index is 1.77. The van der Waals surface area contributed by atoms with Gasteiger partial charge in [0.2, 0.25) is 11.8 Å². The number of hydrogen-bond acceptors (Lipinski definition) is 13. The van der Waals surface area contributed by atoms with Crippen LogP contribution in [0.5, 0.6) is 0 Å². The summed E-state index contributed by atoms with van der Waals surface area (Å²) in [5.74, 6) is -5.13. The first-order valence-electron chi connectivity index (χ1n) is 10.8. The molecule has 1 aliphatic heterocycles. The van der Waals surface area contributed by atoms with Gasteiger partial charge < -0.3 is 47.1 Å². The fourth-order valence-electron chi connectivity index (χ4n) is 3.05. The van der Waals surface area contributed by atoms with Crippen molar-refractivity contribution in [1.29, 1.82) is 0 Å². The topological polar surface area (TPSA) is 305 Å². The van der Waals surface area contributed by atoms with Crippen LogP contribution in [0.3, 0.4) is 0 Å². The number of ether oxygens (including phenoxy) is 1. The first-order chi connectivity index (χ1) is 17.7. The zero-order chi connectivity index (χ0) is 28.6. The molecule has 38 heavy (non-hydrogen) atoms. The number of aromatic nitrogens is 2. The van der Waals surface area contributed by atoms with Crippen LogP contribution in [0.25, 0.3) is 0 Å². The number of nitrogens with one attached hydrogen (secondary N) is 2. The summed E-state index contributed by atoms with van der Waals surface area (Å²) in [5, 5.41) is 31.6. The first-order valence-corrected chi connectivity index (χ1v) is 12.3. The largest absolute Gasteiger partial charge is 0.481 e. The van der Waals surface area contributed by atoms with Crippen LogP contribution in [-0.4, -0.2) is 97.6 Å². The molecule has 0 bridgehead atoms. The Morgan fingerprint density at radius 3 is 2.58 bits per heavy atom. The van der Waals surface area contributed by atoms with Crippen molar-refractivity contribution in [3.63, 3.8) is 0 Å². The molecule has 1 aromatic heterocycles. The van der Waals surface area contributed by atoms with Crippen molar-refractivity contribution in [1.82, 2.24) is 20.2 Å². The van der Waals surface area contributed by atoms with Gasteiger partial charge in [-0.1, -0.05) is 0 Å². The molecule has 1 fully saturated rings. The zero-order valence-corrected chi connectivity index (χ0v) is 20.4. The quantitative estimate of drug-likeness (QED) is 0.0997. The van der Waals surface area contributed by atoms with Gasteiger partial charge in [0.1, 0.15) is 30.2 Å². The predicted molar refractivity (Wildman–Crippen MR) is 122 cm³/mol. The van der Waals surface area contributed by atoms with Crippen LogP contribution in [-0.2, 0) is 37.5 Å². The smallest absolute Gasteiger partial charge is 0.472 e. The van der Waals surface area contributed by atoms with Crippen LogP contribution in [0.1, 0.15) is 19.1 Å². The third-order valence-corrected chi connectivity index (χ3v) is 5.91. The summed E-state index contributed by atoms with van der Waals surface area (Å²) < 4.78 is 28.1. The van der Waals surface area contributed by atoms with Crippen LogP contribution in [0.15, 0.2) is 17.1 Å². The number of phosphoric ester groups is 1. The van der Waals surface area contributed by atoms with E-state index in [1.807, 2.05) is 10.6 Å². The number of amides is 2. The zero-order valence-electron chi connectivity index (χ0n) is 19.5. The molecule has 6 atom stereocenters. The van der Waals surface area contributed by atoms with Gasteiger partial charge in [-0.15, -0.1) is 0 Å². The van der Waals surface area contributed by atoms with Gasteiger partial charge in [-0.05, 0) is 6.07 Å². The number of nitrogens with zero attached hydrogens (tertiary/aromatic N) is 2. The third-order valence-electron chi connectivity index (χ3n) is 4.96. The molecule has 0 spiro atoms. The normalized spacial score (nSPS) is 22.1. The van der Waals surface area contributed by atoms with Gasteiger partial charge >= 0.3 is 25.5 Å². The van der Waals surface area contributed by atoms with E-state index in [0.29, 0.717) is 0 Å². The minimum Gasteiger partial charge on any atom is -0.481 e. The van der Waals surface area contributed by atoms with E-state index in [2.05, 4.69) is 9.51 Å². The summed E-state index contributed by atoms with van der Waals surface area (Å²) in [4.78, 5) is 70.6. The van der Waals surface area contributed by atoms with Crippen molar-refractivity contribution in [2.24, 2.45) is 5.73 Å².